The SMILES string of the molecule is CC(NC1CCCCCC1)c1nnc(N)s1. The molecule has 1 aromatic heterocycles. The third-order valence-corrected chi connectivity index (χ3v) is 4.10. The van der Waals surface area contributed by atoms with Gasteiger partial charge in [-0.1, -0.05) is 37.0 Å². The summed E-state index contributed by atoms with van der Waals surface area (Å²) in [5, 5.41) is 13.1. The van der Waals surface area contributed by atoms with E-state index in [1.165, 1.54) is 49.9 Å². The van der Waals surface area contributed by atoms with E-state index in [0.717, 1.165) is 5.01 Å². The zero-order valence-electron chi connectivity index (χ0n) is 9.78. The maximum Gasteiger partial charge on any atom is 0.203 e. The first-order valence-corrected chi connectivity index (χ1v) is 6.92. The van der Waals surface area contributed by atoms with Crippen molar-refractivity contribution in [3.8, 4) is 0 Å². The number of nitrogens with one attached hydrogen (secondary N) is 1. The molecule has 0 aromatic carbocycles. The van der Waals surface area contributed by atoms with Crippen LogP contribution in [0.3, 0.4) is 0 Å². The van der Waals surface area contributed by atoms with Gasteiger partial charge in [-0.3, -0.25) is 0 Å². The standard InChI is InChI=1S/C11H20N4S/c1-8(10-14-15-11(12)16-10)13-9-6-4-2-3-5-7-9/h8-9,13H,2-7H2,1H3,(H2,12,15). The molecule has 1 aliphatic rings. The van der Waals surface area contributed by atoms with Crippen LogP contribution in [0.4, 0.5) is 5.13 Å². The molecule has 0 saturated heterocycles. The Morgan fingerprint density at radius 1 is 1.25 bits per heavy atom. The van der Waals surface area contributed by atoms with E-state index >= 15 is 0 Å². The van der Waals surface area contributed by atoms with Gasteiger partial charge in [0.15, 0.2) is 0 Å². The van der Waals surface area contributed by atoms with Crippen LogP contribution in [0.25, 0.3) is 0 Å². The van der Waals surface area contributed by atoms with E-state index in [4.69, 9.17) is 5.73 Å². The van der Waals surface area contributed by atoms with Gasteiger partial charge in [0.25, 0.3) is 0 Å². The fourth-order valence-electron chi connectivity index (χ4n) is 2.29. The second-order valence-corrected chi connectivity index (χ2v) is 5.60. The maximum atomic E-state index is 5.59. The smallest absolute Gasteiger partial charge is 0.203 e. The molecule has 1 heterocycles. The Morgan fingerprint density at radius 3 is 2.50 bits per heavy atom. The summed E-state index contributed by atoms with van der Waals surface area (Å²) in [6.45, 7) is 2.14. The zero-order chi connectivity index (χ0) is 11.4. The van der Waals surface area contributed by atoms with Gasteiger partial charge in [0.2, 0.25) is 5.13 Å². The van der Waals surface area contributed by atoms with E-state index in [1.54, 1.807) is 0 Å². The third-order valence-electron chi connectivity index (χ3n) is 3.17. The van der Waals surface area contributed by atoms with Gasteiger partial charge in [-0.2, -0.15) is 0 Å². The fraction of sp³-hybridized carbons (Fsp3) is 0.818. The van der Waals surface area contributed by atoms with Gasteiger partial charge in [0.1, 0.15) is 5.01 Å². The van der Waals surface area contributed by atoms with E-state index in [0.29, 0.717) is 11.2 Å². The summed E-state index contributed by atoms with van der Waals surface area (Å²) >= 11 is 1.48. The van der Waals surface area contributed by atoms with E-state index in [2.05, 4.69) is 22.4 Å². The minimum Gasteiger partial charge on any atom is -0.374 e. The van der Waals surface area contributed by atoms with Crippen molar-refractivity contribution < 1.29 is 0 Å². The Morgan fingerprint density at radius 2 is 1.94 bits per heavy atom. The number of anilines is 1. The summed E-state index contributed by atoms with van der Waals surface area (Å²) < 4.78 is 0. The Balaban J connectivity index is 1.88. The average Bonchev–Trinajstić information content (AvgIpc) is 2.54. The van der Waals surface area contributed by atoms with Crippen LogP contribution in [0, 0.1) is 0 Å². The largest absolute Gasteiger partial charge is 0.374 e. The van der Waals surface area contributed by atoms with E-state index in [1.807, 2.05) is 0 Å². The molecule has 16 heavy (non-hydrogen) atoms. The highest BCUT2D eigenvalue weighted by atomic mass is 32.1. The van der Waals surface area contributed by atoms with Crippen LogP contribution in [-0.2, 0) is 0 Å². The third kappa shape index (κ3) is 3.15. The minimum absolute atomic E-state index is 0.276. The highest BCUT2D eigenvalue weighted by molar-refractivity contribution is 7.15. The molecule has 1 saturated carbocycles. The first-order valence-electron chi connectivity index (χ1n) is 6.10. The number of hydrogen-bond donors (Lipinski definition) is 2. The van der Waals surface area contributed by atoms with Gasteiger partial charge in [0.05, 0.1) is 6.04 Å². The molecule has 1 atom stereocenters. The average molecular weight is 240 g/mol. The number of nitrogens with zero attached hydrogens (tertiary/aromatic N) is 2. The monoisotopic (exact) mass is 240 g/mol. The van der Waals surface area contributed by atoms with Gasteiger partial charge in [-0.15, -0.1) is 10.2 Å². The maximum absolute atomic E-state index is 5.59. The molecule has 0 aliphatic heterocycles. The van der Waals surface area contributed by atoms with E-state index in [-0.39, 0.29) is 6.04 Å². The number of hydrogen-bond acceptors (Lipinski definition) is 5. The molecule has 0 radical (unpaired) electrons. The van der Waals surface area contributed by atoms with Crippen molar-refractivity contribution in [2.24, 2.45) is 0 Å². The van der Waals surface area contributed by atoms with Crippen LogP contribution in [0.5, 0.6) is 0 Å². The number of nitrogen functional groups attached to an aromatic ring is 1. The van der Waals surface area contributed by atoms with Gasteiger partial charge in [-0.25, -0.2) is 0 Å². The van der Waals surface area contributed by atoms with Crippen molar-refractivity contribution in [3.05, 3.63) is 5.01 Å². The molecule has 0 amide bonds. The lowest BCUT2D eigenvalue weighted by atomic mass is 10.1. The van der Waals surface area contributed by atoms with Crippen molar-refractivity contribution in [1.29, 1.82) is 0 Å². The van der Waals surface area contributed by atoms with E-state index < -0.39 is 0 Å². The van der Waals surface area contributed by atoms with Gasteiger partial charge < -0.3 is 11.1 Å². The summed E-state index contributed by atoms with van der Waals surface area (Å²) in [6.07, 6.45) is 8.05. The highest BCUT2D eigenvalue weighted by Crippen LogP contribution is 2.23. The van der Waals surface area contributed by atoms with Crippen LogP contribution in [0.2, 0.25) is 0 Å². The molecule has 4 nitrogen and oxygen atoms in total. The lowest BCUT2D eigenvalue weighted by Gasteiger charge is -2.20. The molecule has 2 rings (SSSR count). The fourth-order valence-corrected chi connectivity index (χ4v) is 2.91. The molecule has 1 fully saturated rings. The number of rotatable bonds is 3. The van der Waals surface area contributed by atoms with Crippen LogP contribution >= 0.6 is 11.3 Å². The summed E-state index contributed by atoms with van der Waals surface area (Å²) in [4.78, 5) is 0. The van der Waals surface area contributed by atoms with Crippen molar-refractivity contribution in [3.63, 3.8) is 0 Å². The van der Waals surface area contributed by atoms with E-state index in [9.17, 15) is 0 Å². The summed E-state index contributed by atoms with van der Waals surface area (Å²) in [5.41, 5.74) is 5.59. The van der Waals surface area contributed by atoms with Crippen molar-refractivity contribution in [1.82, 2.24) is 15.5 Å². The van der Waals surface area contributed by atoms with Gasteiger partial charge in [-0.05, 0) is 19.8 Å². The Labute approximate surface area is 101 Å². The minimum atomic E-state index is 0.276. The Kier molecular flexibility index (Phi) is 4.12. The summed E-state index contributed by atoms with van der Waals surface area (Å²) in [6, 6.07) is 0.917. The first-order chi connectivity index (χ1) is 7.75. The lowest BCUT2D eigenvalue weighted by Crippen LogP contribution is -2.31. The molecule has 3 N–H and O–H groups in total. The highest BCUT2D eigenvalue weighted by Gasteiger charge is 2.17. The second-order valence-electron chi connectivity index (χ2n) is 4.56. The van der Waals surface area contributed by atoms with Crippen LogP contribution < -0.4 is 11.1 Å². The first kappa shape index (κ1) is 11.8. The molecule has 5 heteroatoms. The number of nitrogens with two attached hydrogens (primary N) is 1. The summed E-state index contributed by atoms with van der Waals surface area (Å²) in [7, 11) is 0. The number of aromatic nitrogens is 2. The second kappa shape index (κ2) is 5.59. The molecule has 90 valence electrons. The van der Waals surface area contributed by atoms with Gasteiger partial charge in [0, 0.05) is 6.04 Å². The molecular weight excluding hydrogens is 220 g/mol. The normalized spacial score (nSPS) is 20.6. The quantitative estimate of drug-likeness (QED) is 0.797. The van der Waals surface area contributed by atoms with Crippen LogP contribution in [0.15, 0.2) is 0 Å². The molecule has 1 unspecified atom stereocenters. The van der Waals surface area contributed by atoms with Crippen molar-refractivity contribution in [2.75, 3.05) is 5.73 Å². The molecule has 0 spiro atoms. The Hall–Kier alpha value is -0.680. The topological polar surface area (TPSA) is 63.8 Å². The van der Waals surface area contributed by atoms with Crippen LogP contribution in [-0.4, -0.2) is 16.2 Å². The predicted octanol–water partition coefficient (Wildman–Crippen LogP) is 2.49. The van der Waals surface area contributed by atoms with Crippen molar-refractivity contribution in [2.45, 2.75) is 57.5 Å². The van der Waals surface area contributed by atoms with Gasteiger partial charge >= 0.3 is 0 Å². The summed E-state index contributed by atoms with van der Waals surface area (Å²) in [5.74, 6) is 0. The zero-order valence-corrected chi connectivity index (χ0v) is 10.6. The molecule has 1 aliphatic carbocycles. The van der Waals surface area contributed by atoms with Crippen molar-refractivity contribution >= 4 is 16.5 Å². The molecule has 0 bridgehead atoms. The molecular formula is C11H20N4S. The lowest BCUT2D eigenvalue weighted by molar-refractivity contribution is 0.412. The molecule has 1 aromatic rings. The van der Waals surface area contributed by atoms with Crippen LogP contribution in [0.1, 0.15) is 56.5 Å². The predicted molar refractivity (Wildman–Crippen MR) is 67.4 cm³/mol. The Bertz CT molecular complexity index is 318.